The minimum atomic E-state index is -2.80. The first-order valence-electron chi connectivity index (χ1n) is 7.47. The lowest BCUT2D eigenvalue weighted by molar-refractivity contribution is -0.137. The summed E-state index contributed by atoms with van der Waals surface area (Å²) in [4.78, 5) is 38.9. The van der Waals surface area contributed by atoms with Gasteiger partial charge in [-0.1, -0.05) is 0 Å². The number of imidazole rings is 1. The van der Waals surface area contributed by atoms with Gasteiger partial charge in [0.05, 0.1) is 6.30 Å². The number of hydrogen-bond acceptors (Lipinski definition) is 4. The summed E-state index contributed by atoms with van der Waals surface area (Å²) in [6.07, 6.45) is -0.864. The third-order valence-corrected chi connectivity index (χ3v) is 2.75. The van der Waals surface area contributed by atoms with Crippen molar-refractivity contribution in [2.45, 2.75) is 19.4 Å². The summed E-state index contributed by atoms with van der Waals surface area (Å²) in [5.74, 6) is -1.07. The molecule has 0 radical (unpaired) electrons. The van der Waals surface area contributed by atoms with E-state index in [2.05, 4.69) is 4.98 Å². The number of aryl methyl sites for hydroxylation is 2. The predicted octanol–water partition coefficient (Wildman–Crippen LogP) is -0.701. The van der Waals surface area contributed by atoms with Gasteiger partial charge >= 0.3 is 11.7 Å². The number of fused-ring (bicyclic) bond motifs is 1. The van der Waals surface area contributed by atoms with E-state index in [-0.39, 0.29) is 30.6 Å². The van der Waals surface area contributed by atoms with Gasteiger partial charge in [0.2, 0.25) is 0 Å². The molecule has 0 fully saturated rings. The molecule has 2 aromatic rings. The van der Waals surface area contributed by atoms with Crippen molar-refractivity contribution in [1.29, 1.82) is 0 Å². The van der Waals surface area contributed by atoms with Gasteiger partial charge in [-0.2, -0.15) is 0 Å². The van der Waals surface area contributed by atoms with Crippen molar-refractivity contribution in [2.75, 3.05) is 0 Å². The van der Waals surface area contributed by atoms with Crippen LogP contribution in [-0.4, -0.2) is 29.8 Å². The maximum Gasteiger partial charge on any atom is 0.332 e. The summed E-state index contributed by atoms with van der Waals surface area (Å²) in [7, 11) is 1.30. The van der Waals surface area contributed by atoms with E-state index in [4.69, 9.17) is 10.6 Å². The first-order valence-corrected chi connectivity index (χ1v) is 5.47. The molecule has 0 aliphatic rings. The van der Waals surface area contributed by atoms with Crippen LogP contribution < -0.4 is 11.2 Å². The minimum Gasteiger partial charge on any atom is -0.481 e. The molecule has 0 aliphatic heterocycles. The van der Waals surface area contributed by atoms with Gasteiger partial charge in [-0.25, -0.2) is 9.78 Å². The SMILES string of the molecule is [2H]c1nc2c(c(=O)n(CCCC(=O)O)c(=O)n2C)n1C([2H])([2H])[2H]. The zero-order valence-electron chi connectivity index (χ0n) is 14.1. The van der Waals surface area contributed by atoms with Crippen molar-refractivity contribution < 1.29 is 15.4 Å². The molecular weight excluding hydrogens is 252 g/mol. The zero-order valence-corrected chi connectivity index (χ0v) is 10.1. The van der Waals surface area contributed by atoms with Gasteiger partial charge in [0.1, 0.15) is 1.37 Å². The van der Waals surface area contributed by atoms with E-state index in [1.165, 1.54) is 7.05 Å². The van der Waals surface area contributed by atoms with Crippen molar-refractivity contribution in [3.8, 4) is 0 Å². The Morgan fingerprint density at radius 3 is 2.95 bits per heavy atom. The Labute approximate surface area is 113 Å². The average Bonchev–Trinajstić information content (AvgIpc) is 2.77. The fraction of sp³-hybridized carbons (Fsp3) is 0.455. The Hall–Kier alpha value is -2.38. The number of rotatable bonds is 4. The van der Waals surface area contributed by atoms with Crippen LogP contribution in [0, 0.1) is 0 Å². The van der Waals surface area contributed by atoms with Gasteiger partial charge in [-0.05, 0) is 6.42 Å². The van der Waals surface area contributed by atoms with Crippen molar-refractivity contribution in [1.82, 2.24) is 18.7 Å². The third kappa shape index (κ3) is 2.16. The molecule has 8 heteroatoms. The number of aliphatic carboxylic acids is 1. The zero-order chi connectivity index (χ0) is 17.5. The maximum atomic E-state index is 12.5. The van der Waals surface area contributed by atoms with Crippen molar-refractivity contribution >= 4 is 17.1 Å². The van der Waals surface area contributed by atoms with Crippen LogP contribution in [0.3, 0.4) is 0 Å². The second-order valence-electron chi connectivity index (χ2n) is 4.02. The monoisotopic (exact) mass is 270 g/mol. The number of carboxylic acids is 1. The molecule has 0 saturated carbocycles. The molecule has 2 rings (SSSR count). The molecule has 0 saturated heterocycles. The second kappa shape index (κ2) is 4.71. The molecule has 0 spiro atoms. The smallest absolute Gasteiger partial charge is 0.332 e. The Balaban J connectivity index is 2.74. The van der Waals surface area contributed by atoms with Crippen LogP contribution in [0.1, 0.15) is 18.3 Å². The van der Waals surface area contributed by atoms with Gasteiger partial charge in [0.25, 0.3) is 5.56 Å². The van der Waals surface area contributed by atoms with Gasteiger partial charge in [0.15, 0.2) is 11.2 Å². The largest absolute Gasteiger partial charge is 0.481 e. The Kier molecular flexibility index (Phi) is 2.15. The summed E-state index contributed by atoms with van der Waals surface area (Å²) in [5.41, 5.74) is -2.23. The summed E-state index contributed by atoms with van der Waals surface area (Å²) in [6, 6.07) is 0. The molecule has 0 aromatic carbocycles. The van der Waals surface area contributed by atoms with Crippen molar-refractivity contribution in [3.05, 3.63) is 27.1 Å². The quantitative estimate of drug-likeness (QED) is 0.792. The van der Waals surface area contributed by atoms with Crippen molar-refractivity contribution in [2.24, 2.45) is 14.0 Å². The molecule has 0 bridgehead atoms. The van der Waals surface area contributed by atoms with E-state index < -0.39 is 30.5 Å². The predicted molar refractivity (Wildman–Crippen MR) is 67.1 cm³/mol. The van der Waals surface area contributed by atoms with Crippen LogP contribution in [0.5, 0.6) is 0 Å². The fourth-order valence-corrected chi connectivity index (χ4v) is 1.80. The Morgan fingerprint density at radius 1 is 1.58 bits per heavy atom. The molecule has 19 heavy (non-hydrogen) atoms. The average molecular weight is 270 g/mol. The van der Waals surface area contributed by atoms with Crippen molar-refractivity contribution in [3.63, 3.8) is 0 Å². The summed E-state index contributed by atoms with van der Waals surface area (Å²) < 4.78 is 32.1. The molecule has 0 unspecified atom stereocenters. The van der Waals surface area contributed by atoms with Crippen LogP contribution in [0.25, 0.3) is 11.2 Å². The third-order valence-electron chi connectivity index (χ3n) is 2.75. The standard InChI is InChI=1S/C11H14N4O4/c1-13-6-12-9-8(13)10(18)15(11(19)14(9)2)5-3-4-7(16)17/h6H,3-5H2,1-2H3,(H,16,17)/i1D3,6D. The number of hydrogen-bond donors (Lipinski definition) is 1. The van der Waals surface area contributed by atoms with Crippen LogP contribution in [0.15, 0.2) is 15.9 Å². The molecule has 0 atom stereocenters. The van der Waals surface area contributed by atoms with Crippen LogP contribution in [0.4, 0.5) is 0 Å². The first kappa shape index (κ1) is 8.68. The van der Waals surface area contributed by atoms with E-state index in [0.717, 1.165) is 9.13 Å². The van der Waals surface area contributed by atoms with Gasteiger partial charge < -0.3 is 9.67 Å². The van der Waals surface area contributed by atoms with E-state index in [0.29, 0.717) is 4.57 Å². The van der Waals surface area contributed by atoms with E-state index in [1.807, 2.05) is 0 Å². The number of nitrogens with zero attached hydrogens (tertiary/aromatic N) is 4. The highest BCUT2D eigenvalue weighted by Crippen LogP contribution is 2.03. The van der Waals surface area contributed by atoms with Gasteiger partial charge in [-0.3, -0.25) is 18.7 Å². The highest BCUT2D eigenvalue weighted by molar-refractivity contribution is 5.69. The number of carbonyl (C=O) groups is 1. The highest BCUT2D eigenvalue weighted by Gasteiger charge is 2.14. The van der Waals surface area contributed by atoms with Crippen LogP contribution >= 0.6 is 0 Å². The van der Waals surface area contributed by atoms with Gasteiger partial charge in [-0.15, -0.1) is 0 Å². The topological polar surface area (TPSA) is 99.1 Å². The van der Waals surface area contributed by atoms with E-state index in [9.17, 15) is 14.4 Å². The lowest BCUT2D eigenvalue weighted by Crippen LogP contribution is -2.39. The van der Waals surface area contributed by atoms with E-state index in [1.54, 1.807) is 0 Å². The number of aromatic nitrogens is 4. The Bertz CT molecular complexity index is 893. The van der Waals surface area contributed by atoms with E-state index >= 15 is 0 Å². The Morgan fingerprint density at radius 2 is 2.32 bits per heavy atom. The summed E-state index contributed by atoms with van der Waals surface area (Å²) in [6.45, 7) is -2.98. The maximum absolute atomic E-state index is 12.5. The lowest BCUT2D eigenvalue weighted by atomic mass is 10.3. The van der Waals surface area contributed by atoms with Crippen LogP contribution in [0.2, 0.25) is 0 Å². The lowest BCUT2D eigenvalue weighted by Gasteiger charge is -2.07. The molecule has 8 nitrogen and oxygen atoms in total. The fourth-order valence-electron chi connectivity index (χ4n) is 1.80. The molecule has 2 aromatic heterocycles. The first-order chi connectivity index (χ1) is 10.6. The minimum absolute atomic E-state index is 0.0334. The molecule has 0 amide bonds. The molecular formula is C11H14N4O4. The highest BCUT2D eigenvalue weighted by atomic mass is 16.4. The molecule has 2 heterocycles. The molecule has 1 N–H and O–H groups in total. The molecule has 102 valence electrons. The number of carboxylic acid groups (broad SMARTS) is 1. The van der Waals surface area contributed by atoms with Crippen LogP contribution in [-0.2, 0) is 25.4 Å². The molecule has 0 aliphatic carbocycles. The normalized spacial score (nSPS) is 14.8. The second-order valence-corrected chi connectivity index (χ2v) is 4.02. The van der Waals surface area contributed by atoms with Gasteiger partial charge in [0, 0.05) is 31.1 Å². The summed E-state index contributed by atoms with van der Waals surface area (Å²) >= 11 is 0. The summed E-state index contributed by atoms with van der Waals surface area (Å²) in [5, 5.41) is 8.63.